The lowest BCUT2D eigenvalue weighted by molar-refractivity contribution is -0.175. The van der Waals surface area contributed by atoms with Crippen molar-refractivity contribution in [1.82, 2.24) is 0 Å². The predicted molar refractivity (Wildman–Crippen MR) is 64.0 cm³/mol. The molecule has 0 aromatic carbocycles. The zero-order chi connectivity index (χ0) is 14.5. The molecule has 0 radical (unpaired) electrons. The van der Waals surface area contributed by atoms with Gasteiger partial charge in [-0.1, -0.05) is 0 Å². The van der Waals surface area contributed by atoms with E-state index in [0.717, 1.165) is 6.42 Å². The van der Waals surface area contributed by atoms with Gasteiger partial charge in [0.1, 0.15) is 0 Å². The Morgan fingerprint density at radius 2 is 1.38 bits per heavy atom. The molecule has 3 aliphatic carbocycles. The van der Waals surface area contributed by atoms with E-state index in [2.05, 4.69) is 0 Å². The maximum atomic E-state index is 12.1. The van der Waals surface area contributed by atoms with Gasteiger partial charge in [-0.05, 0) is 42.4 Å². The van der Waals surface area contributed by atoms with Crippen molar-refractivity contribution in [2.75, 3.05) is 0 Å². The fourth-order valence-corrected chi connectivity index (χ4v) is 6.15. The summed E-state index contributed by atoms with van der Waals surface area (Å²) in [5, 5.41) is 0. The van der Waals surface area contributed by atoms with Crippen LogP contribution in [0, 0.1) is 47.3 Å². The van der Waals surface area contributed by atoms with E-state index in [1.54, 1.807) is 0 Å². The first kappa shape index (κ1) is 11.9. The Balaban J connectivity index is 1.58. The summed E-state index contributed by atoms with van der Waals surface area (Å²) >= 11 is 0. The second-order valence-electron chi connectivity index (χ2n) is 7.09. The summed E-state index contributed by atoms with van der Waals surface area (Å²) in [7, 11) is 0. The lowest BCUT2D eigenvalue weighted by atomic mass is 9.65. The fraction of sp³-hybridized carbons (Fsp3) is 0.733. The van der Waals surface area contributed by atoms with Gasteiger partial charge in [-0.3, -0.25) is 19.2 Å². The van der Waals surface area contributed by atoms with Crippen LogP contribution >= 0.6 is 0 Å². The van der Waals surface area contributed by atoms with Crippen molar-refractivity contribution in [3.63, 3.8) is 0 Å². The molecule has 5 fully saturated rings. The number of fused-ring (bicyclic) bond motifs is 12. The first-order valence-electron chi connectivity index (χ1n) is 7.56. The normalized spacial score (nSPS) is 53.3. The second-order valence-corrected chi connectivity index (χ2v) is 7.09. The Kier molecular flexibility index (Phi) is 2.00. The van der Waals surface area contributed by atoms with Crippen molar-refractivity contribution in [1.29, 1.82) is 0 Å². The maximum absolute atomic E-state index is 12.1. The molecular formula is C15H14O6. The summed E-state index contributed by atoms with van der Waals surface area (Å²) in [5.74, 6) is -2.04. The Morgan fingerprint density at radius 3 is 2.10 bits per heavy atom. The monoisotopic (exact) mass is 290 g/mol. The molecule has 6 nitrogen and oxygen atoms in total. The number of hydrogen-bond donors (Lipinski definition) is 0. The average Bonchev–Trinajstić information content (AvgIpc) is 3.02. The second kappa shape index (κ2) is 3.54. The van der Waals surface area contributed by atoms with Gasteiger partial charge in [-0.15, -0.1) is 0 Å². The van der Waals surface area contributed by atoms with Crippen LogP contribution in [0.4, 0.5) is 0 Å². The molecule has 0 aromatic heterocycles. The van der Waals surface area contributed by atoms with Gasteiger partial charge in [-0.25, -0.2) is 0 Å². The predicted octanol–water partition coefficient (Wildman–Crippen LogP) is 0.294. The van der Waals surface area contributed by atoms with Gasteiger partial charge in [-0.2, -0.15) is 0 Å². The smallest absolute Gasteiger partial charge is 0.317 e. The minimum atomic E-state index is -0.454. The van der Waals surface area contributed by atoms with E-state index in [9.17, 15) is 19.2 Å². The van der Waals surface area contributed by atoms with Crippen LogP contribution in [0.25, 0.3) is 0 Å². The molecule has 6 heteroatoms. The van der Waals surface area contributed by atoms with Gasteiger partial charge >= 0.3 is 23.9 Å². The molecule has 7 unspecified atom stereocenters. The molecule has 2 aliphatic heterocycles. The minimum Gasteiger partial charge on any atom is -0.393 e. The lowest BCUT2D eigenvalue weighted by Crippen LogP contribution is -2.45. The molecule has 2 saturated heterocycles. The van der Waals surface area contributed by atoms with E-state index in [4.69, 9.17) is 9.47 Å². The number of cyclic esters (lactones) is 4. The van der Waals surface area contributed by atoms with E-state index in [1.807, 2.05) is 0 Å². The molecular weight excluding hydrogens is 276 g/mol. The molecule has 21 heavy (non-hydrogen) atoms. The summed E-state index contributed by atoms with van der Waals surface area (Å²) in [6.45, 7) is 0. The summed E-state index contributed by atoms with van der Waals surface area (Å²) < 4.78 is 9.67. The van der Waals surface area contributed by atoms with Crippen LogP contribution in [0.5, 0.6) is 0 Å². The zero-order valence-electron chi connectivity index (χ0n) is 11.2. The van der Waals surface area contributed by atoms with Gasteiger partial charge in [0.15, 0.2) is 0 Å². The average molecular weight is 290 g/mol. The van der Waals surface area contributed by atoms with Gasteiger partial charge in [0.05, 0.1) is 17.8 Å². The highest BCUT2D eigenvalue weighted by Crippen LogP contribution is 2.69. The largest absolute Gasteiger partial charge is 0.393 e. The molecule has 0 amide bonds. The minimum absolute atomic E-state index is 0.00717. The third-order valence-corrected chi connectivity index (χ3v) is 6.58. The Morgan fingerprint density at radius 1 is 0.714 bits per heavy atom. The summed E-state index contributed by atoms with van der Waals surface area (Å²) in [6.07, 6.45) is 1.66. The highest BCUT2D eigenvalue weighted by atomic mass is 16.6. The third-order valence-electron chi connectivity index (χ3n) is 6.58. The Hall–Kier alpha value is -1.72. The van der Waals surface area contributed by atoms with Crippen LogP contribution in [0.2, 0.25) is 0 Å². The lowest BCUT2D eigenvalue weighted by Gasteiger charge is -2.39. The molecule has 0 spiro atoms. The van der Waals surface area contributed by atoms with Gasteiger partial charge in [0.25, 0.3) is 0 Å². The maximum Gasteiger partial charge on any atom is 0.317 e. The van der Waals surface area contributed by atoms with Crippen LogP contribution in [0.1, 0.15) is 19.3 Å². The molecule has 0 aromatic rings. The van der Waals surface area contributed by atoms with Crippen LogP contribution in [-0.4, -0.2) is 23.9 Å². The van der Waals surface area contributed by atoms with Gasteiger partial charge in [0.2, 0.25) is 0 Å². The molecule has 3 saturated carbocycles. The van der Waals surface area contributed by atoms with Crippen LogP contribution < -0.4 is 0 Å². The molecule has 2 heterocycles. The number of esters is 4. The van der Waals surface area contributed by atoms with Crippen molar-refractivity contribution in [2.24, 2.45) is 47.3 Å². The summed E-state index contributed by atoms with van der Waals surface area (Å²) in [5.41, 5.74) is 0. The van der Waals surface area contributed by atoms with Gasteiger partial charge < -0.3 is 9.47 Å². The Bertz CT molecular complexity index is 609. The van der Waals surface area contributed by atoms with E-state index < -0.39 is 23.9 Å². The fourth-order valence-electron chi connectivity index (χ4n) is 6.15. The van der Waals surface area contributed by atoms with Crippen LogP contribution in [-0.2, 0) is 28.7 Å². The summed E-state index contributed by atoms with van der Waals surface area (Å²) in [4.78, 5) is 47.5. The summed E-state index contributed by atoms with van der Waals surface area (Å²) in [6, 6.07) is 0. The van der Waals surface area contributed by atoms with Crippen molar-refractivity contribution in [3.8, 4) is 0 Å². The number of carbonyl (C=O) groups is 4. The van der Waals surface area contributed by atoms with Gasteiger partial charge in [0, 0.05) is 6.42 Å². The van der Waals surface area contributed by atoms with Crippen molar-refractivity contribution < 1.29 is 28.7 Å². The SMILES string of the molecule is O=C1CC2C3CC(C2C(=O)O1)C1C2C[C@H](C(=O)OC2=O)C31. The standard InChI is InChI=1S/C15H14O6/c16-9-3-5-4-1-6(12(5)15(19)20-9)11-8-2-7(10(4)11)13(17)21-14(8)18/h4-8,10-12H,1-3H2/t4?,5?,6?,7-,8?,10?,11?,12?/m0/s1. The topological polar surface area (TPSA) is 86.7 Å². The molecule has 0 N–H and O–H groups in total. The molecule has 5 aliphatic rings. The first-order valence-corrected chi connectivity index (χ1v) is 7.56. The highest BCUT2D eigenvalue weighted by molar-refractivity contribution is 5.94. The van der Waals surface area contributed by atoms with E-state index in [1.165, 1.54) is 0 Å². The number of ether oxygens (including phenoxy) is 2. The van der Waals surface area contributed by atoms with E-state index in [-0.39, 0.29) is 53.8 Å². The van der Waals surface area contributed by atoms with Crippen LogP contribution in [0.3, 0.4) is 0 Å². The number of rotatable bonds is 0. The molecule has 8 atom stereocenters. The van der Waals surface area contributed by atoms with Crippen molar-refractivity contribution >= 4 is 23.9 Å². The molecule has 4 bridgehead atoms. The van der Waals surface area contributed by atoms with Crippen molar-refractivity contribution in [3.05, 3.63) is 0 Å². The van der Waals surface area contributed by atoms with Crippen molar-refractivity contribution in [2.45, 2.75) is 19.3 Å². The number of hydrogen-bond acceptors (Lipinski definition) is 6. The third kappa shape index (κ3) is 1.25. The van der Waals surface area contributed by atoms with E-state index in [0.29, 0.717) is 6.42 Å². The Labute approximate surface area is 120 Å². The molecule has 110 valence electrons. The molecule has 5 rings (SSSR count). The quantitative estimate of drug-likeness (QED) is 0.362. The first-order chi connectivity index (χ1) is 10.1. The number of carbonyl (C=O) groups excluding carboxylic acids is 4. The van der Waals surface area contributed by atoms with E-state index >= 15 is 0 Å². The zero-order valence-corrected chi connectivity index (χ0v) is 11.2. The highest BCUT2D eigenvalue weighted by Gasteiger charge is 2.71. The van der Waals surface area contributed by atoms with Crippen LogP contribution in [0.15, 0.2) is 0 Å².